The highest BCUT2D eigenvalue weighted by atomic mass is 16.7. The normalized spacial score (nSPS) is 30.8. The van der Waals surface area contributed by atoms with Gasteiger partial charge in [0, 0.05) is 0 Å². The van der Waals surface area contributed by atoms with Gasteiger partial charge in [-0.3, -0.25) is 0 Å². The molecule has 2 aliphatic heterocycles. The number of rotatable bonds is 3. The summed E-state index contributed by atoms with van der Waals surface area (Å²) in [7, 11) is 0. The van der Waals surface area contributed by atoms with E-state index in [4.69, 9.17) is 13.9 Å². The van der Waals surface area contributed by atoms with Crippen LogP contribution in [0.1, 0.15) is 31.3 Å². The lowest BCUT2D eigenvalue weighted by molar-refractivity contribution is -0.907. The fourth-order valence-corrected chi connectivity index (χ4v) is 2.71. The van der Waals surface area contributed by atoms with E-state index in [2.05, 4.69) is 0 Å². The van der Waals surface area contributed by atoms with Gasteiger partial charge < -0.3 is 18.8 Å². The maximum absolute atomic E-state index is 5.87. The zero-order chi connectivity index (χ0) is 11.5. The number of ether oxygens (including phenoxy) is 2. The fraction of sp³-hybridized carbons (Fsp3) is 0.692. The van der Waals surface area contributed by atoms with E-state index in [1.54, 1.807) is 11.2 Å². The predicted molar refractivity (Wildman–Crippen MR) is 61.7 cm³/mol. The summed E-state index contributed by atoms with van der Waals surface area (Å²) in [6.45, 7) is 4.32. The van der Waals surface area contributed by atoms with Gasteiger partial charge in [-0.1, -0.05) is 0 Å². The molecular formula is C13H20NO3+. The van der Waals surface area contributed by atoms with Crippen molar-refractivity contribution in [1.29, 1.82) is 0 Å². The van der Waals surface area contributed by atoms with E-state index < -0.39 is 0 Å². The van der Waals surface area contributed by atoms with Gasteiger partial charge in [0.1, 0.15) is 12.6 Å². The number of piperidine rings is 1. The molecule has 0 spiro atoms. The van der Waals surface area contributed by atoms with Crippen LogP contribution >= 0.6 is 0 Å². The van der Waals surface area contributed by atoms with Crippen LogP contribution in [-0.2, 0) is 9.47 Å². The second-order valence-corrected chi connectivity index (χ2v) is 4.95. The highest BCUT2D eigenvalue weighted by Gasteiger charge is 2.32. The van der Waals surface area contributed by atoms with Crippen molar-refractivity contribution in [3.05, 3.63) is 24.2 Å². The Morgan fingerprint density at radius 3 is 2.88 bits per heavy atom. The molecule has 0 unspecified atom stereocenters. The van der Waals surface area contributed by atoms with Crippen molar-refractivity contribution in [2.45, 2.75) is 31.7 Å². The monoisotopic (exact) mass is 238 g/mol. The Hall–Kier alpha value is -0.840. The summed E-state index contributed by atoms with van der Waals surface area (Å²) in [5.74, 6) is 0.779. The molecule has 2 saturated heterocycles. The van der Waals surface area contributed by atoms with Crippen LogP contribution in [0.5, 0.6) is 0 Å². The molecule has 2 aliphatic rings. The van der Waals surface area contributed by atoms with E-state index in [9.17, 15) is 0 Å². The molecule has 0 saturated carbocycles. The lowest BCUT2D eigenvalue weighted by atomic mass is 10.1. The minimum atomic E-state index is -0.292. The van der Waals surface area contributed by atoms with E-state index in [0.29, 0.717) is 6.61 Å². The summed E-state index contributed by atoms with van der Waals surface area (Å²) >= 11 is 0. The lowest BCUT2D eigenvalue weighted by Gasteiger charge is -2.25. The Morgan fingerprint density at radius 1 is 1.24 bits per heavy atom. The van der Waals surface area contributed by atoms with E-state index in [1.165, 1.54) is 32.4 Å². The van der Waals surface area contributed by atoms with Gasteiger partial charge >= 0.3 is 0 Å². The molecule has 3 heterocycles. The Kier molecular flexibility index (Phi) is 3.45. The third-order valence-electron chi connectivity index (χ3n) is 3.60. The lowest BCUT2D eigenvalue weighted by Crippen LogP contribution is -3.13. The maximum Gasteiger partial charge on any atom is 0.217 e. The van der Waals surface area contributed by atoms with Crippen LogP contribution < -0.4 is 4.90 Å². The standard InChI is InChI=1S/C13H19NO3/c1-2-6-14(7-3-1)9-11-10-16-13(17-11)12-5-4-8-15-12/h4-5,8,11,13H,1-3,6-7,9-10H2/p+1/t11-,13+/m1/s1. The van der Waals surface area contributed by atoms with Gasteiger partial charge in [0.05, 0.1) is 26.0 Å². The van der Waals surface area contributed by atoms with Gasteiger partial charge in [-0.15, -0.1) is 0 Å². The molecule has 0 amide bonds. The molecule has 0 bridgehead atoms. The number of furan rings is 1. The smallest absolute Gasteiger partial charge is 0.217 e. The molecule has 1 N–H and O–H groups in total. The van der Waals surface area contributed by atoms with Gasteiger partial charge in [0.25, 0.3) is 0 Å². The number of likely N-dealkylation sites (tertiary alicyclic amines) is 1. The molecule has 2 fully saturated rings. The Balaban J connectivity index is 1.50. The van der Waals surface area contributed by atoms with Crippen molar-refractivity contribution in [1.82, 2.24) is 0 Å². The molecule has 94 valence electrons. The third-order valence-corrected chi connectivity index (χ3v) is 3.60. The van der Waals surface area contributed by atoms with E-state index in [1.807, 2.05) is 12.1 Å². The molecule has 17 heavy (non-hydrogen) atoms. The summed E-state index contributed by atoms with van der Waals surface area (Å²) in [5, 5.41) is 0. The van der Waals surface area contributed by atoms with Gasteiger partial charge in [-0.2, -0.15) is 0 Å². The molecule has 1 aromatic rings. The minimum absolute atomic E-state index is 0.221. The van der Waals surface area contributed by atoms with E-state index in [0.717, 1.165) is 12.3 Å². The highest BCUT2D eigenvalue weighted by molar-refractivity contribution is 5.00. The second kappa shape index (κ2) is 5.21. The average molecular weight is 238 g/mol. The first-order valence-electron chi connectivity index (χ1n) is 6.56. The van der Waals surface area contributed by atoms with Crippen LogP contribution in [0.25, 0.3) is 0 Å². The van der Waals surface area contributed by atoms with Crippen LogP contribution in [-0.4, -0.2) is 32.3 Å². The van der Waals surface area contributed by atoms with Crippen LogP contribution in [0.15, 0.2) is 22.8 Å². The number of hydrogen-bond donors (Lipinski definition) is 1. The first-order chi connectivity index (χ1) is 8.42. The quantitative estimate of drug-likeness (QED) is 0.844. The summed E-state index contributed by atoms with van der Waals surface area (Å²) < 4.78 is 16.8. The number of quaternary nitrogens is 1. The third kappa shape index (κ3) is 2.70. The van der Waals surface area contributed by atoms with Gasteiger partial charge in [0.2, 0.25) is 6.29 Å². The Morgan fingerprint density at radius 2 is 2.12 bits per heavy atom. The summed E-state index contributed by atoms with van der Waals surface area (Å²) in [4.78, 5) is 1.66. The summed E-state index contributed by atoms with van der Waals surface area (Å²) in [5.41, 5.74) is 0. The van der Waals surface area contributed by atoms with Gasteiger partial charge in [0.15, 0.2) is 5.76 Å². The molecule has 0 aromatic carbocycles. The predicted octanol–water partition coefficient (Wildman–Crippen LogP) is 0.762. The average Bonchev–Trinajstić information content (AvgIpc) is 3.00. The van der Waals surface area contributed by atoms with E-state index in [-0.39, 0.29) is 12.4 Å². The van der Waals surface area contributed by atoms with Crippen molar-refractivity contribution >= 4 is 0 Å². The van der Waals surface area contributed by atoms with Crippen molar-refractivity contribution < 1.29 is 18.8 Å². The van der Waals surface area contributed by atoms with Gasteiger partial charge in [-0.25, -0.2) is 0 Å². The second-order valence-electron chi connectivity index (χ2n) is 4.95. The van der Waals surface area contributed by atoms with Crippen molar-refractivity contribution in [2.75, 3.05) is 26.2 Å². The first-order valence-corrected chi connectivity index (χ1v) is 6.56. The summed E-state index contributed by atoms with van der Waals surface area (Å²) in [6.07, 6.45) is 5.68. The maximum atomic E-state index is 5.87. The van der Waals surface area contributed by atoms with Crippen LogP contribution in [0.2, 0.25) is 0 Å². The largest absolute Gasteiger partial charge is 0.464 e. The molecule has 0 radical (unpaired) electrons. The molecule has 4 heteroatoms. The number of hydrogen-bond acceptors (Lipinski definition) is 3. The van der Waals surface area contributed by atoms with Crippen molar-refractivity contribution in [2.24, 2.45) is 0 Å². The zero-order valence-electron chi connectivity index (χ0n) is 10.1. The Bertz CT molecular complexity index is 332. The minimum Gasteiger partial charge on any atom is -0.464 e. The molecule has 0 aliphatic carbocycles. The van der Waals surface area contributed by atoms with Crippen LogP contribution in [0.4, 0.5) is 0 Å². The highest BCUT2D eigenvalue weighted by Crippen LogP contribution is 2.26. The topological polar surface area (TPSA) is 36.0 Å². The Labute approximate surface area is 101 Å². The molecule has 4 nitrogen and oxygen atoms in total. The molecular weight excluding hydrogens is 218 g/mol. The van der Waals surface area contributed by atoms with Crippen molar-refractivity contribution in [3.63, 3.8) is 0 Å². The van der Waals surface area contributed by atoms with Crippen LogP contribution in [0, 0.1) is 0 Å². The van der Waals surface area contributed by atoms with E-state index >= 15 is 0 Å². The molecule has 1 aromatic heterocycles. The first kappa shape index (κ1) is 11.3. The van der Waals surface area contributed by atoms with Crippen molar-refractivity contribution in [3.8, 4) is 0 Å². The summed E-state index contributed by atoms with van der Waals surface area (Å²) in [6, 6.07) is 3.77. The molecule has 2 atom stereocenters. The SMILES string of the molecule is c1coc([C@H]2OC[C@@H](C[NH+]3CCCCC3)O2)c1. The number of nitrogens with one attached hydrogen (secondary N) is 1. The fourth-order valence-electron chi connectivity index (χ4n) is 2.71. The van der Waals surface area contributed by atoms with Crippen LogP contribution in [0.3, 0.4) is 0 Å². The van der Waals surface area contributed by atoms with Gasteiger partial charge in [-0.05, 0) is 31.4 Å². The molecule has 3 rings (SSSR count). The zero-order valence-corrected chi connectivity index (χ0v) is 10.1.